The molecule has 7 heteroatoms. The van der Waals surface area contributed by atoms with E-state index >= 15 is 0 Å². The van der Waals surface area contributed by atoms with Gasteiger partial charge in [-0.15, -0.1) is 0 Å². The third kappa shape index (κ3) is 4.66. The summed E-state index contributed by atoms with van der Waals surface area (Å²) in [5.41, 5.74) is 0.970. The van der Waals surface area contributed by atoms with Crippen molar-refractivity contribution in [2.45, 2.75) is 38.1 Å². The molecule has 1 fully saturated rings. The van der Waals surface area contributed by atoms with Crippen LogP contribution in [0.25, 0.3) is 0 Å². The first kappa shape index (κ1) is 13.4. The van der Waals surface area contributed by atoms with Crippen LogP contribution < -0.4 is 5.32 Å². The van der Waals surface area contributed by atoms with E-state index in [1.54, 1.807) is 12.5 Å². The number of hydrogen-bond acceptors (Lipinski definition) is 3. The van der Waals surface area contributed by atoms with E-state index in [0.717, 1.165) is 5.69 Å². The summed E-state index contributed by atoms with van der Waals surface area (Å²) in [6.07, 6.45) is 1.47. The highest BCUT2D eigenvalue weighted by Crippen LogP contribution is 2.19. The largest absolute Gasteiger partial charge is 0.411 e. The Labute approximate surface area is 103 Å². The number of nitrogens with zero attached hydrogens (tertiary/aromatic N) is 2. The summed E-state index contributed by atoms with van der Waals surface area (Å²) in [6, 6.07) is 0.592. The van der Waals surface area contributed by atoms with E-state index in [1.807, 2.05) is 4.57 Å². The number of alkyl halides is 3. The summed E-state index contributed by atoms with van der Waals surface area (Å²) < 4.78 is 42.0. The molecule has 0 unspecified atom stereocenters. The average molecular weight is 263 g/mol. The highest BCUT2D eigenvalue weighted by atomic mass is 19.4. The van der Waals surface area contributed by atoms with Crippen LogP contribution in [0, 0.1) is 0 Å². The predicted octanol–water partition coefficient (Wildman–Crippen LogP) is 1.71. The van der Waals surface area contributed by atoms with Crippen LogP contribution in [0.15, 0.2) is 12.5 Å². The SMILES string of the molecule is FC(F)(F)COCCn1cncc1CNC1CC1. The van der Waals surface area contributed by atoms with Crippen molar-refractivity contribution in [3.05, 3.63) is 18.2 Å². The standard InChI is InChI=1S/C11H16F3N3O/c12-11(13,14)7-18-4-3-17-8-15-5-10(17)6-16-9-1-2-9/h5,8-9,16H,1-4,6-7H2. The van der Waals surface area contributed by atoms with E-state index in [-0.39, 0.29) is 6.61 Å². The van der Waals surface area contributed by atoms with Crippen molar-refractivity contribution in [3.63, 3.8) is 0 Å². The summed E-state index contributed by atoms with van der Waals surface area (Å²) in [5, 5.41) is 3.33. The third-order valence-electron chi connectivity index (χ3n) is 2.69. The monoisotopic (exact) mass is 263 g/mol. The van der Waals surface area contributed by atoms with Crippen molar-refractivity contribution in [1.82, 2.24) is 14.9 Å². The predicted molar refractivity (Wildman–Crippen MR) is 59.0 cm³/mol. The first-order chi connectivity index (χ1) is 8.54. The van der Waals surface area contributed by atoms with Crippen molar-refractivity contribution in [2.24, 2.45) is 0 Å². The number of hydrogen-bond donors (Lipinski definition) is 1. The molecule has 1 aromatic heterocycles. The Morgan fingerprint density at radius 2 is 2.22 bits per heavy atom. The minimum absolute atomic E-state index is 0.0340. The topological polar surface area (TPSA) is 39.1 Å². The van der Waals surface area contributed by atoms with Gasteiger partial charge in [-0.1, -0.05) is 0 Å². The first-order valence-electron chi connectivity index (χ1n) is 5.91. The molecule has 2 rings (SSSR count). The molecule has 1 N–H and O–H groups in total. The molecule has 0 aliphatic heterocycles. The van der Waals surface area contributed by atoms with Crippen LogP contribution in [-0.2, 0) is 17.8 Å². The highest BCUT2D eigenvalue weighted by Gasteiger charge is 2.27. The quantitative estimate of drug-likeness (QED) is 0.761. The lowest BCUT2D eigenvalue weighted by molar-refractivity contribution is -0.174. The van der Waals surface area contributed by atoms with Gasteiger partial charge < -0.3 is 14.6 Å². The zero-order valence-corrected chi connectivity index (χ0v) is 9.91. The second-order valence-electron chi connectivity index (χ2n) is 4.40. The molecule has 1 saturated carbocycles. The fourth-order valence-corrected chi connectivity index (χ4v) is 1.58. The zero-order valence-electron chi connectivity index (χ0n) is 9.91. The van der Waals surface area contributed by atoms with Crippen molar-refractivity contribution in [3.8, 4) is 0 Å². The first-order valence-corrected chi connectivity index (χ1v) is 5.91. The molecule has 0 aromatic carbocycles. The Kier molecular flexibility index (Phi) is 4.23. The van der Waals surface area contributed by atoms with Gasteiger partial charge in [-0.3, -0.25) is 0 Å². The second kappa shape index (κ2) is 5.71. The van der Waals surface area contributed by atoms with Gasteiger partial charge in [-0.25, -0.2) is 4.98 Å². The van der Waals surface area contributed by atoms with Gasteiger partial charge in [0.05, 0.1) is 18.6 Å². The lowest BCUT2D eigenvalue weighted by Gasteiger charge is -2.10. The van der Waals surface area contributed by atoms with E-state index in [0.29, 0.717) is 19.1 Å². The maximum atomic E-state index is 11.9. The Hall–Kier alpha value is -1.08. The van der Waals surface area contributed by atoms with E-state index in [2.05, 4.69) is 15.0 Å². The Morgan fingerprint density at radius 3 is 2.89 bits per heavy atom. The van der Waals surface area contributed by atoms with E-state index < -0.39 is 12.8 Å². The van der Waals surface area contributed by atoms with Crippen molar-refractivity contribution >= 4 is 0 Å². The minimum Gasteiger partial charge on any atom is -0.370 e. The van der Waals surface area contributed by atoms with Gasteiger partial charge in [-0.2, -0.15) is 13.2 Å². The maximum Gasteiger partial charge on any atom is 0.411 e. The van der Waals surface area contributed by atoms with Gasteiger partial charge in [0.25, 0.3) is 0 Å². The van der Waals surface area contributed by atoms with E-state index in [1.165, 1.54) is 12.8 Å². The van der Waals surface area contributed by atoms with Crippen LogP contribution in [0.4, 0.5) is 13.2 Å². The van der Waals surface area contributed by atoms with Crippen LogP contribution in [-0.4, -0.2) is 35.0 Å². The van der Waals surface area contributed by atoms with E-state index in [4.69, 9.17) is 0 Å². The molecular weight excluding hydrogens is 247 g/mol. The molecule has 1 aliphatic rings. The molecule has 18 heavy (non-hydrogen) atoms. The summed E-state index contributed by atoms with van der Waals surface area (Å²) in [5.74, 6) is 0. The molecule has 0 saturated heterocycles. The minimum atomic E-state index is -4.26. The number of aromatic nitrogens is 2. The zero-order chi connectivity index (χ0) is 13.0. The lowest BCUT2D eigenvalue weighted by atomic mass is 10.4. The molecule has 1 heterocycles. The second-order valence-corrected chi connectivity index (χ2v) is 4.40. The number of rotatable bonds is 7. The van der Waals surface area contributed by atoms with Gasteiger partial charge in [0.1, 0.15) is 6.61 Å². The number of halogens is 3. The molecule has 0 spiro atoms. The summed E-state index contributed by atoms with van der Waals surface area (Å²) in [6.45, 7) is -0.0780. The molecule has 1 aromatic rings. The molecule has 0 radical (unpaired) electrons. The van der Waals surface area contributed by atoms with Crippen LogP contribution in [0.2, 0.25) is 0 Å². The van der Waals surface area contributed by atoms with Crippen LogP contribution in [0.1, 0.15) is 18.5 Å². The van der Waals surface area contributed by atoms with Crippen molar-refractivity contribution in [1.29, 1.82) is 0 Å². The van der Waals surface area contributed by atoms with Crippen molar-refractivity contribution < 1.29 is 17.9 Å². The molecule has 0 bridgehead atoms. The van der Waals surface area contributed by atoms with Gasteiger partial charge in [0, 0.05) is 25.3 Å². The molecule has 102 valence electrons. The number of imidazole rings is 1. The fourth-order valence-electron chi connectivity index (χ4n) is 1.58. The molecule has 4 nitrogen and oxygen atoms in total. The van der Waals surface area contributed by atoms with Gasteiger partial charge >= 0.3 is 6.18 Å². The van der Waals surface area contributed by atoms with Crippen LogP contribution in [0.3, 0.4) is 0 Å². The van der Waals surface area contributed by atoms with Crippen molar-refractivity contribution in [2.75, 3.05) is 13.2 Å². The summed E-state index contributed by atoms with van der Waals surface area (Å²) >= 11 is 0. The van der Waals surface area contributed by atoms with Gasteiger partial charge in [0.15, 0.2) is 0 Å². The molecule has 0 atom stereocenters. The smallest absolute Gasteiger partial charge is 0.370 e. The Balaban J connectivity index is 1.69. The molecule has 0 amide bonds. The van der Waals surface area contributed by atoms with Crippen LogP contribution >= 0.6 is 0 Å². The maximum absolute atomic E-state index is 11.9. The third-order valence-corrected chi connectivity index (χ3v) is 2.69. The van der Waals surface area contributed by atoms with Gasteiger partial charge in [-0.05, 0) is 12.8 Å². The Bertz CT molecular complexity index is 374. The lowest BCUT2D eigenvalue weighted by Crippen LogP contribution is -2.21. The van der Waals surface area contributed by atoms with Crippen LogP contribution in [0.5, 0.6) is 0 Å². The fraction of sp³-hybridized carbons (Fsp3) is 0.727. The summed E-state index contributed by atoms with van der Waals surface area (Å²) in [7, 11) is 0. The average Bonchev–Trinajstić information content (AvgIpc) is 3.01. The Morgan fingerprint density at radius 1 is 1.44 bits per heavy atom. The summed E-state index contributed by atoms with van der Waals surface area (Å²) in [4.78, 5) is 3.99. The number of nitrogens with one attached hydrogen (secondary N) is 1. The number of ether oxygens (including phenoxy) is 1. The molecule has 1 aliphatic carbocycles. The van der Waals surface area contributed by atoms with Gasteiger partial charge in [0.2, 0.25) is 0 Å². The highest BCUT2D eigenvalue weighted by molar-refractivity contribution is 4.99. The normalized spacial score (nSPS) is 16.2. The van der Waals surface area contributed by atoms with E-state index in [9.17, 15) is 13.2 Å². The molecular formula is C11H16F3N3O.